The third kappa shape index (κ3) is 2.23. The largest absolute Gasteiger partial charge is 0.348 e. The summed E-state index contributed by atoms with van der Waals surface area (Å²) < 4.78 is 1.44. The van der Waals surface area contributed by atoms with Crippen molar-refractivity contribution < 1.29 is 9.59 Å². The summed E-state index contributed by atoms with van der Waals surface area (Å²) in [7, 11) is 0. The highest BCUT2D eigenvalue weighted by Gasteiger charge is 2.25. The van der Waals surface area contributed by atoms with Crippen LogP contribution in [-0.4, -0.2) is 34.7 Å². The fourth-order valence-electron chi connectivity index (χ4n) is 2.20. The van der Waals surface area contributed by atoms with Gasteiger partial charge in [0.25, 0.3) is 0 Å². The Morgan fingerprint density at radius 3 is 2.61 bits per heavy atom. The number of aromatic nitrogens is 2. The van der Waals surface area contributed by atoms with Crippen molar-refractivity contribution in [1.82, 2.24) is 9.55 Å². The van der Waals surface area contributed by atoms with Crippen molar-refractivity contribution in [1.29, 1.82) is 0 Å². The van der Waals surface area contributed by atoms with Gasteiger partial charge in [0.05, 0.1) is 6.54 Å². The van der Waals surface area contributed by atoms with Gasteiger partial charge < -0.3 is 4.90 Å². The minimum atomic E-state index is -0.292. The summed E-state index contributed by atoms with van der Waals surface area (Å²) in [6.45, 7) is 5.27. The Hall–Kier alpha value is -1.85. The third-order valence-corrected chi connectivity index (χ3v) is 3.01. The van der Waals surface area contributed by atoms with Crippen LogP contribution in [-0.2, 0) is 11.3 Å². The molecule has 1 aliphatic rings. The van der Waals surface area contributed by atoms with Gasteiger partial charge in [-0.25, -0.2) is 4.79 Å². The molecule has 0 radical (unpaired) electrons. The number of rotatable bonds is 4. The van der Waals surface area contributed by atoms with Crippen molar-refractivity contribution in [3.8, 4) is 0 Å². The molecule has 0 unspecified atom stereocenters. The molecular weight excluding hydrogens is 234 g/mol. The fourth-order valence-corrected chi connectivity index (χ4v) is 2.20. The summed E-state index contributed by atoms with van der Waals surface area (Å²) in [6, 6.07) is 0. The Kier molecular flexibility index (Phi) is 3.36. The van der Waals surface area contributed by atoms with Crippen LogP contribution in [0.4, 0.5) is 5.82 Å². The summed E-state index contributed by atoms with van der Waals surface area (Å²) in [4.78, 5) is 38.7. The molecule has 1 N–H and O–H groups in total. The van der Waals surface area contributed by atoms with E-state index in [4.69, 9.17) is 0 Å². The molecule has 0 saturated carbocycles. The Morgan fingerprint density at radius 1 is 1.39 bits per heavy atom. The van der Waals surface area contributed by atoms with Gasteiger partial charge in [-0.15, -0.1) is 0 Å². The van der Waals surface area contributed by atoms with Crippen LogP contribution in [0.1, 0.15) is 30.8 Å². The zero-order valence-electron chi connectivity index (χ0n) is 10.6. The minimum Gasteiger partial charge on any atom is -0.348 e. The first-order chi connectivity index (χ1) is 8.52. The zero-order chi connectivity index (χ0) is 13.3. The highest BCUT2D eigenvalue weighted by Crippen LogP contribution is 2.19. The van der Waals surface area contributed by atoms with Crippen LogP contribution in [0, 0.1) is 5.92 Å². The van der Waals surface area contributed by atoms with E-state index in [0.29, 0.717) is 37.3 Å². The Balaban J connectivity index is 2.39. The van der Waals surface area contributed by atoms with Crippen molar-refractivity contribution in [3.63, 3.8) is 0 Å². The second-order valence-corrected chi connectivity index (χ2v) is 5.00. The summed E-state index contributed by atoms with van der Waals surface area (Å²) >= 11 is 0. The van der Waals surface area contributed by atoms with Crippen LogP contribution in [0.5, 0.6) is 0 Å². The molecule has 2 rings (SSSR count). The van der Waals surface area contributed by atoms with Crippen LogP contribution in [0.25, 0.3) is 0 Å². The maximum atomic E-state index is 11.8. The second kappa shape index (κ2) is 4.80. The lowest BCUT2D eigenvalue weighted by Crippen LogP contribution is -2.22. The highest BCUT2D eigenvalue weighted by molar-refractivity contribution is 5.89. The van der Waals surface area contributed by atoms with E-state index in [-0.39, 0.29) is 23.9 Å². The van der Waals surface area contributed by atoms with Crippen LogP contribution < -0.4 is 10.6 Å². The first-order valence-corrected chi connectivity index (χ1v) is 6.07. The average molecular weight is 251 g/mol. The number of aromatic amines is 1. The predicted octanol–water partition coefficient (Wildman–Crippen LogP) is 0.424. The van der Waals surface area contributed by atoms with Crippen LogP contribution in [0.2, 0.25) is 0 Å². The number of aldehydes is 1. The van der Waals surface area contributed by atoms with Gasteiger partial charge in [-0.3, -0.25) is 19.1 Å². The molecule has 0 amide bonds. The molecule has 0 aromatic carbocycles. The molecule has 0 spiro atoms. The monoisotopic (exact) mass is 251 g/mol. The lowest BCUT2D eigenvalue weighted by molar-refractivity contribution is -0.116. The molecule has 1 fully saturated rings. The van der Waals surface area contributed by atoms with Crippen LogP contribution >= 0.6 is 0 Å². The summed E-state index contributed by atoms with van der Waals surface area (Å²) in [5.41, 5.74) is 0.0450. The van der Waals surface area contributed by atoms with Gasteiger partial charge in [0.15, 0.2) is 12.1 Å². The number of imidazole rings is 1. The Morgan fingerprint density at radius 2 is 2.11 bits per heavy atom. The van der Waals surface area contributed by atoms with Crippen molar-refractivity contribution in [2.45, 2.75) is 26.8 Å². The van der Waals surface area contributed by atoms with Gasteiger partial charge in [0, 0.05) is 19.5 Å². The number of carbonyl (C=O) groups excluding carboxylic acids is 2. The maximum absolute atomic E-state index is 11.8. The van der Waals surface area contributed by atoms with Crippen molar-refractivity contribution in [2.75, 3.05) is 18.0 Å². The Labute approximate surface area is 105 Å². The van der Waals surface area contributed by atoms with E-state index in [1.807, 2.05) is 13.8 Å². The van der Waals surface area contributed by atoms with Gasteiger partial charge in [-0.05, 0) is 5.92 Å². The number of nitrogens with zero attached hydrogens (tertiary/aromatic N) is 2. The van der Waals surface area contributed by atoms with Crippen molar-refractivity contribution in [2.24, 2.45) is 5.92 Å². The maximum Gasteiger partial charge on any atom is 0.327 e. The number of H-pyrrole nitrogens is 1. The summed E-state index contributed by atoms with van der Waals surface area (Å²) in [6.07, 6.45) is 1.15. The average Bonchev–Trinajstić information content (AvgIpc) is 2.84. The number of ketones is 1. The number of carbonyl (C=O) groups is 2. The van der Waals surface area contributed by atoms with E-state index in [1.54, 1.807) is 4.90 Å². The summed E-state index contributed by atoms with van der Waals surface area (Å²) in [5, 5.41) is 0. The molecule has 1 saturated heterocycles. The van der Waals surface area contributed by atoms with Crippen molar-refractivity contribution in [3.05, 3.63) is 16.2 Å². The molecule has 0 atom stereocenters. The lowest BCUT2D eigenvalue weighted by Gasteiger charge is -2.15. The molecule has 6 nitrogen and oxygen atoms in total. The second-order valence-electron chi connectivity index (χ2n) is 5.00. The molecule has 0 aliphatic carbocycles. The first kappa shape index (κ1) is 12.6. The topological polar surface area (TPSA) is 75.2 Å². The molecule has 0 bridgehead atoms. The number of Topliss-reactive ketones (excluding diaryl/α,β-unsaturated/α-hetero) is 1. The lowest BCUT2D eigenvalue weighted by atomic mass is 10.2. The molecule has 6 heteroatoms. The standard InChI is InChI=1S/C12H17N3O3/c1-8(2)5-15-10(7-16)11(13-12(15)18)14-4-3-9(17)6-14/h7-8H,3-6H2,1-2H3,(H,13,18). The predicted molar refractivity (Wildman–Crippen MR) is 67.1 cm³/mol. The molecular formula is C12H17N3O3. The number of anilines is 1. The number of hydrogen-bond acceptors (Lipinski definition) is 4. The third-order valence-electron chi connectivity index (χ3n) is 3.01. The van der Waals surface area contributed by atoms with Crippen LogP contribution in [0.3, 0.4) is 0 Å². The van der Waals surface area contributed by atoms with E-state index < -0.39 is 0 Å². The minimum absolute atomic E-state index is 0.129. The highest BCUT2D eigenvalue weighted by atomic mass is 16.2. The van der Waals surface area contributed by atoms with E-state index >= 15 is 0 Å². The first-order valence-electron chi connectivity index (χ1n) is 6.07. The van der Waals surface area contributed by atoms with Crippen molar-refractivity contribution >= 4 is 17.9 Å². The zero-order valence-corrected chi connectivity index (χ0v) is 10.6. The van der Waals surface area contributed by atoms with Crippen LogP contribution in [0.15, 0.2) is 4.79 Å². The smallest absolute Gasteiger partial charge is 0.327 e. The van der Waals surface area contributed by atoms with Gasteiger partial charge in [0.2, 0.25) is 0 Å². The van der Waals surface area contributed by atoms with E-state index in [2.05, 4.69) is 4.98 Å². The fraction of sp³-hybridized carbons (Fsp3) is 0.583. The van der Waals surface area contributed by atoms with Gasteiger partial charge in [0.1, 0.15) is 11.5 Å². The normalized spacial score (nSPS) is 15.7. The Bertz CT molecular complexity index is 527. The van der Waals surface area contributed by atoms with E-state index in [1.165, 1.54) is 4.57 Å². The molecule has 18 heavy (non-hydrogen) atoms. The SMILES string of the molecule is CC(C)Cn1c(C=O)c(N2CCC(=O)C2)[nH]c1=O. The molecule has 1 aromatic rings. The van der Waals surface area contributed by atoms with Gasteiger partial charge >= 0.3 is 5.69 Å². The number of hydrogen-bond donors (Lipinski definition) is 1. The quantitative estimate of drug-likeness (QED) is 0.787. The van der Waals surface area contributed by atoms with Gasteiger partial charge in [-0.2, -0.15) is 0 Å². The number of nitrogens with one attached hydrogen (secondary N) is 1. The molecule has 98 valence electrons. The van der Waals surface area contributed by atoms with E-state index in [0.717, 1.165) is 0 Å². The molecule has 1 aromatic heterocycles. The van der Waals surface area contributed by atoms with E-state index in [9.17, 15) is 14.4 Å². The summed E-state index contributed by atoms with van der Waals surface area (Å²) in [5.74, 6) is 0.871. The molecule has 1 aliphatic heterocycles. The van der Waals surface area contributed by atoms with Gasteiger partial charge in [-0.1, -0.05) is 13.8 Å². The molecule has 2 heterocycles.